The summed E-state index contributed by atoms with van der Waals surface area (Å²) in [7, 11) is 0. The third-order valence-electron chi connectivity index (χ3n) is 5.44. The Balaban J connectivity index is 1.77. The summed E-state index contributed by atoms with van der Waals surface area (Å²) in [4.78, 5) is 25.0. The molecule has 0 aromatic heterocycles. The van der Waals surface area contributed by atoms with Crippen LogP contribution in [0.2, 0.25) is 0 Å². The van der Waals surface area contributed by atoms with Gasteiger partial charge in [0.15, 0.2) is 0 Å². The van der Waals surface area contributed by atoms with Crippen molar-refractivity contribution in [3.05, 3.63) is 11.6 Å². The molecule has 2 rings (SSSR count). The molecular weight excluding hydrogens is 300 g/mol. The van der Waals surface area contributed by atoms with Crippen molar-refractivity contribution in [2.75, 3.05) is 6.54 Å². The zero-order valence-electron chi connectivity index (χ0n) is 15.5. The zero-order valence-corrected chi connectivity index (χ0v) is 15.5. The van der Waals surface area contributed by atoms with E-state index in [-0.39, 0.29) is 17.9 Å². The molecule has 2 N–H and O–H groups in total. The molecule has 1 saturated carbocycles. The molecular formula is C20H34N2O2. The Bertz CT molecular complexity index is 460. The number of rotatable bonds is 6. The minimum absolute atomic E-state index is 0.135. The molecule has 0 aromatic rings. The second-order valence-electron chi connectivity index (χ2n) is 7.90. The third-order valence-corrected chi connectivity index (χ3v) is 5.44. The number of amides is 2. The molecule has 0 heterocycles. The smallest absolute Gasteiger partial charge is 0.235 e. The fourth-order valence-electron chi connectivity index (χ4n) is 3.58. The van der Waals surface area contributed by atoms with Gasteiger partial charge in [0.25, 0.3) is 0 Å². The normalized spacial score (nSPS) is 20.0. The van der Waals surface area contributed by atoms with Gasteiger partial charge in [0.1, 0.15) is 5.41 Å². The second-order valence-corrected chi connectivity index (χ2v) is 7.90. The van der Waals surface area contributed by atoms with Crippen LogP contribution in [0.25, 0.3) is 0 Å². The molecule has 0 bridgehead atoms. The molecule has 0 aromatic carbocycles. The molecule has 1 fully saturated rings. The minimum Gasteiger partial charge on any atom is -0.355 e. The van der Waals surface area contributed by atoms with Crippen LogP contribution in [0.15, 0.2) is 11.6 Å². The van der Waals surface area contributed by atoms with Crippen LogP contribution in [-0.4, -0.2) is 24.4 Å². The van der Waals surface area contributed by atoms with E-state index in [9.17, 15) is 9.59 Å². The van der Waals surface area contributed by atoms with Crippen molar-refractivity contribution in [3.8, 4) is 0 Å². The third kappa shape index (κ3) is 5.64. The van der Waals surface area contributed by atoms with Crippen LogP contribution < -0.4 is 10.6 Å². The van der Waals surface area contributed by atoms with E-state index in [1.165, 1.54) is 50.5 Å². The van der Waals surface area contributed by atoms with E-state index < -0.39 is 5.41 Å². The lowest BCUT2D eigenvalue weighted by Crippen LogP contribution is -2.50. The summed E-state index contributed by atoms with van der Waals surface area (Å²) in [5.74, 6) is -0.297. The first-order chi connectivity index (χ1) is 11.5. The van der Waals surface area contributed by atoms with Gasteiger partial charge in [0.2, 0.25) is 11.8 Å². The van der Waals surface area contributed by atoms with E-state index in [0.717, 1.165) is 25.7 Å². The van der Waals surface area contributed by atoms with Crippen LogP contribution in [-0.2, 0) is 9.59 Å². The molecule has 136 valence electrons. The van der Waals surface area contributed by atoms with E-state index in [4.69, 9.17) is 0 Å². The lowest BCUT2D eigenvalue weighted by Gasteiger charge is -2.26. The van der Waals surface area contributed by atoms with Gasteiger partial charge in [0, 0.05) is 12.6 Å². The maximum Gasteiger partial charge on any atom is 0.235 e. The molecule has 2 aliphatic rings. The maximum absolute atomic E-state index is 12.6. The zero-order chi connectivity index (χ0) is 17.4. The Kier molecular flexibility index (Phi) is 7.32. The van der Waals surface area contributed by atoms with Crippen molar-refractivity contribution in [1.29, 1.82) is 0 Å². The standard InChI is InChI=1S/C20H34N2O2/c1-20(2,19(24)22-17-12-8-3-4-9-13-17)18(23)21-15-14-16-10-6-5-7-11-16/h10,17H,3-9,11-15H2,1-2H3,(H,21,23)(H,22,24). The predicted octanol–water partition coefficient (Wildman–Crippen LogP) is 3.86. The van der Waals surface area contributed by atoms with Gasteiger partial charge in [-0.1, -0.05) is 37.3 Å². The van der Waals surface area contributed by atoms with Gasteiger partial charge < -0.3 is 10.6 Å². The maximum atomic E-state index is 12.6. The number of hydrogen-bond acceptors (Lipinski definition) is 2. The first kappa shape index (κ1) is 19.0. The van der Waals surface area contributed by atoms with Crippen molar-refractivity contribution in [1.82, 2.24) is 10.6 Å². The molecule has 24 heavy (non-hydrogen) atoms. The average molecular weight is 335 g/mol. The molecule has 0 spiro atoms. The highest BCUT2D eigenvalue weighted by Crippen LogP contribution is 2.22. The molecule has 0 radical (unpaired) electrons. The van der Waals surface area contributed by atoms with E-state index in [2.05, 4.69) is 16.7 Å². The van der Waals surface area contributed by atoms with Crippen LogP contribution in [0.4, 0.5) is 0 Å². The second kappa shape index (κ2) is 9.24. The quantitative estimate of drug-likeness (QED) is 0.440. The van der Waals surface area contributed by atoms with Gasteiger partial charge in [-0.15, -0.1) is 0 Å². The summed E-state index contributed by atoms with van der Waals surface area (Å²) in [6.45, 7) is 4.09. The molecule has 0 atom stereocenters. The van der Waals surface area contributed by atoms with Crippen molar-refractivity contribution in [2.24, 2.45) is 5.41 Å². The van der Waals surface area contributed by atoms with Crippen LogP contribution in [0.5, 0.6) is 0 Å². The number of hydrogen-bond donors (Lipinski definition) is 2. The Morgan fingerprint density at radius 1 is 1.04 bits per heavy atom. The van der Waals surface area contributed by atoms with E-state index >= 15 is 0 Å². The Labute approximate surface area is 146 Å². The fourth-order valence-corrected chi connectivity index (χ4v) is 3.58. The lowest BCUT2D eigenvalue weighted by atomic mass is 9.90. The summed E-state index contributed by atoms with van der Waals surface area (Å²) in [5.41, 5.74) is 0.440. The molecule has 2 aliphatic carbocycles. The summed E-state index contributed by atoms with van der Waals surface area (Å²) in [6.07, 6.45) is 15.0. The van der Waals surface area contributed by atoms with Crippen molar-refractivity contribution < 1.29 is 9.59 Å². The van der Waals surface area contributed by atoms with Gasteiger partial charge >= 0.3 is 0 Å². The van der Waals surface area contributed by atoms with Gasteiger partial charge in [-0.25, -0.2) is 0 Å². The SMILES string of the molecule is CC(C)(C(=O)NCCC1=CCCCC1)C(=O)NC1CCCCCC1. The fraction of sp³-hybridized carbons (Fsp3) is 0.800. The van der Waals surface area contributed by atoms with Gasteiger partial charge in [-0.2, -0.15) is 0 Å². The Morgan fingerprint density at radius 2 is 1.75 bits per heavy atom. The summed E-state index contributed by atoms with van der Waals surface area (Å²) < 4.78 is 0. The van der Waals surface area contributed by atoms with Crippen molar-refractivity contribution in [3.63, 3.8) is 0 Å². The highest BCUT2D eigenvalue weighted by molar-refractivity contribution is 6.04. The monoisotopic (exact) mass is 334 g/mol. The van der Waals surface area contributed by atoms with E-state index in [1.54, 1.807) is 13.8 Å². The number of allylic oxidation sites excluding steroid dienone is 1. The average Bonchev–Trinajstić information content (AvgIpc) is 2.84. The molecule has 4 heteroatoms. The molecule has 0 aliphatic heterocycles. The van der Waals surface area contributed by atoms with Gasteiger partial charge in [-0.05, 0) is 58.8 Å². The van der Waals surface area contributed by atoms with Crippen LogP contribution in [0, 0.1) is 5.41 Å². The Hall–Kier alpha value is -1.32. The van der Waals surface area contributed by atoms with Crippen LogP contribution >= 0.6 is 0 Å². The van der Waals surface area contributed by atoms with E-state index in [0.29, 0.717) is 6.54 Å². The number of carbonyl (C=O) groups excluding carboxylic acids is 2. The molecule has 4 nitrogen and oxygen atoms in total. The highest BCUT2D eigenvalue weighted by atomic mass is 16.2. The number of nitrogens with one attached hydrogen (secondary N) is 2. The van der Waals surface area contributed by atoms with E-state index in [1.807, 2.05) is 0 Å². The van der Waals surface area contributed by atoms with Gasteiger partial charge in [-0.3, -0.25) is 9.59 Å². The summed E-state index contributed by atoms with van der Waals surface area (Å²) >= 11 is 0. The highest BCUT2D eigenvalue weighted by Gasteiger charge is 2.36. The predicted molar refractivity (Wildman–Crippen MR) is 97.6 cm³/mol. The summed E-state index contributed by atoms with van der Waals surface area (Å²) in [6, 6.07) is 0.236. The molecule has 0 unspecified atom stereocenters. The van der Waals surface area contributed by atoms with Crippen molar-refractivity contribution in [2.45, 2.75) is 90.5 Å². The molecule has 2 amide bonds. The van der Waals surface area contributed by atoms with Crippen LogP contribution in [0.1, 0.15) is 84.5 Å². The first-order valence-corrected chi connectivity index (χ1v) is 9.77. The lowest BCUT2D eigenvalue weighted by molar-refractivity contribution is -0.141. The summed E-state index contributed by atoms with van der Waals surface area (Å²) in [5, 5.41) is 6.07. The van der Waals surface area contributed by atoms with Gasteiger partial charge in [0.05, 0.1) is 0 Å². The first-order valence-electron chi connectivity index (χ1n) is 9.77. The molecule has 0 saturated heterocycles. The minimum atomic E-state index is -1.01. The van der Waals surface area contributed by atoms with Crippen molar-refractivity contribution >= 4 is 11.8 Å². The topological polar surface area (TPSA) is 58.2 Å². The van der Waals surface area contributed by atoms with Crippen LogP contribution in [0.3, 0.4) is 0 Å². The largest absolute Gasteiger partial charge is 0.355 e. The Morgan fingerprint density at radius 3 is 2.38 bits per heavy atom. The number of carbonyl (C=O) groups is 2.